The first-order chi connectivity index (χ1) is 12.4. The van der Waals surface area contributed by atoms with Crippen LogP contribution < -0.4 is 5.32 Å². The molecule has 2 heterocycles. The van der Waals surface area contributed by atoms with Crippen LogP contribution in [0.4, 0.5) is 10.1 Å². The molecule has 1 amide bonds. The first kappa shape index (κ1) is 16.3. The van der Waals surface area contributed by atoms with Gasteiger partial charge in [0.05, 0.1) is 11.3 Å². The Bertz CT molecular complexity index is 997. The molecular weight excluding hydrogens is 329 g/mol. The lowest BCUT2D eigenvalue weighted by Gasteiger charge is -2.23. The van der Waals surface area contributed by atoms with Gasteiger partial charge >= 0.3 is 0 Å². The fourth-order valence-corrected chi connectivity index (χ4v) is 3.41. The van der Waals surface area contributed by atoms with Gasteiger partial charge in [0.1, 0.15) is 17.2 Å². The Morgan fingerprint density at radius 3 is 2.58 bits per heavy atom. The van der Waals surface area contributed by atoms with E-state index in [0.717, 1.165) is 16.7 Å². The van der Waals surface area contributed by atoms with Crippen LogP contribution in [0.3, 0.4) is 0 Å². The second kappa shape index (κ2) is 5.70. The molecule has 0 bridgehead atoms. The van der Waals surface area contributed by atoms with Crippen LogP contribution in [0.15, 0.2) is 60.9 Å². The third kappa shape index (κ3) is 2.54. The van der Waals surface area contributed by atoms with Gasteiger partial charge in [-0.05, 0) is 49.2 Å². The lowest BCUT2D eigenvalue weighted by molar-refractivity contribution is -0.111. The van der Waals surface area contributed by atoms with Crippen molar-refractivity contribution in [2.75, 3.05) is 5.32 Å². The number of carbonyl (C=O) groups is 1. The predicted molar refractivity (Wildman–Crippen MR) is 102 cm³/mol. The number of anilines is 1. The van der Waals surface area contributed by atoms with Crippen molar-refractivity contribution in [2.45, 2.75) is 19.4 Å². The van der Waals surface area contributed by atoms with Gasteiger partial charge in [-0.3, -0.25) is 4.79 Å². The number of nitrogens with one attached hydrogen (secondary N) is 1. The highest BCUT2D eigenvalue weighted by Gasteiger charge is 2.37. The normalized spacial score (nSPS) is 20.3. The van der Waals surface area contributed by atoms with Crippen molar-refractivity contribution in [1.82, 2.24) is 0 Å². The van der Waals surface area contributed by atoms with Crippen LogP contribution >= 0.6 is 0 Å². The number of hydrogen-bond acceptors (Lipinski definition) is 2. The van der Waals surface area contributed by atoms with E-state index >= 15 is 0 Å². The maximum Gasteiger partial charge on any atom is 0.260 e. The minimum atomic E-state index is -0.582. The van der Waals surface area contributed by atoms with Gasteiger partial charge in [-0.2, -0.15) is 0 Å². The molecule has 130 valence electrons. The van der Waals surface area contributed by atoms with E-state index < -0.39 is 5.60 Å². The highest BCUT2D eigenvalue weighted by Crippen LogP contribution is 2.44. The molecule has 4 rings (SSSR count). The van der Waals surface area contributed by atoms with Crippen LogP contribution in [0.1, 0.15) is 30.5 Å². The van der Waals surface area contributed by atoms with Gasteiger partial charge in [0.2, 0.25) is 0 Å². The van der Waals surface area contributed by atoms with Gasteiger partial charge in [-0.1, -0.05) is 36.9 Å². The zero-order valence-electron chi connectivity index (χ0n) is 14.6. The van der Waals surface area contributed by atoms with Crippen molar-refractivity contribution in [2.24, 2.45) is 0 Å². The van der Waals surface area contributed by atoms with Crippen molar-refractivity contribution in [1.29, 1.82) is 0 Å². The molecule has 0 fully saturated rings. The average Bonchev–Trinajstić information content (AvgIpc) is 3.09. The minimum absolute atomic E-state index is 0.282. The second-order valence-corrected chi connectivity index (χ2v) is 6.88. The van der Waals surface area contributed by atoms with Crippen LogP contribution in [0, 0.1) is 5.82 Å². The standard InChI is InChI=1S/C22H18FNO2/c1-4-13-5-7-14(8-6-13)17-12-19(26-22(17,2)3)20-16-10-9-15(23)11-18(16)24-21(20)25/h4-12H,1H2,2-3H3,(H,24,25)/b20-19+. The van der Waals surface area contributed by atoms with Crippen molar-refractivity contribution < 1.29 is 13.9 Å². The molecule has 2 aliphatic rings. The molecule has 4 heteroatoms. The first-order valence-corrected chi connectivity index (χ1v) is 8.39. The topological polar surface area (TPSA) is 38.3 Å². The fourth-order valence-electron chi connectivity index (χ4n) is 3.41. The van der Waals surface area contributed by atoms with E-state index in [2.05, 4.69) is 11.9 Å². The van der Waals surface area contributed by atoms with E-state index in [9.17, 15) is 9.18 Å². The zero-order valence-corrected chi connectivity index (χ0v) is 14.6. The molecule has 2 aromatic carbocycles. The van der Waals surface area contributed by atoms with E-state index in [1.54, 1.807) is 12.1 Å². The number of halogens is 1. The van der Waals surface area contributed by atoms with E-state index in [0.29, 0.717) is 22.6 Å². The van der Waals surface area contributed by atoms with Gasteiger partial charge in [0, 0.05) is 11.1 Å². The van der Waals surface area contributed by atoms with Crippen LogP contribution in [0.2, 0.25) is 0 Å². The highest BCUT2D eigenvalue weighted by atomic mass is 19.1. The van der Waals surface area contributed by atoms with Crippen molar-refractivity contribution in [3.8, 4) is 0 Å². The van der Waals surface area contributed by atoms with Gasteiger partial charge in [-0.15, -0.1) is 0 Å². The smallest absolute Gasteiger partial charge is 0.260 e. The number of amides is 1. The Kier molecular flexibility index (Phi) is 3.58. The summed E-state index contributed by atoms with van der Waals surface area (Å²) in [5.41, 5.74) is 4.02. The number of benzene rings is 2. The maximum atomic E-state index is 13.4. The van der Waals surface area contributed by atoms with Crippen molar-refractivity contribution in [3.05, 3.63) is 83.4 Å². The molecule has 1 N–H and O–H groups in total. The average molecular weight is 347 g/mol. The Hall–Kier alpha value is -3.14. The van der Waals surface area contributed by atoms with Gasteiger partial charge in [0.25, 0.3) is 5.91 Å². The van der Waals surface area contributed by atoms with E-state index in [1.807, 2.05) is 44.2 Å². The molecule has 0 aliphatic carbocycles. The fraction of sp³-hybridized carbons (Fsp3) is 0.136. The van der Waals surface area contributed by atoms with Gasteiger partial charge in [0.15, 0.2) is 0 Å². The summed E-state index contributed by atoms with van der Waals surface area (Å²) in [6, 6.07) is 12.3. The number of rotatable bonds is 2. The number of ether oxygens (including phenoxy) is 1. The Labute approximate surface area is 151 Å². The molecule has 0 saturated heterocycles. The molecule has 0 saturated carbocycles. The third-order valence-electron chi connectivity index (χ3n) is 4.72. The molecular formula is C22H18FNO2. The number of hydrogen-bond donors (Lipinski definition) is 1. The zero-order chi connectivity index (χ0) is 18.5. The monoisotopic (exact) mass is 347 g/mol. The van der Waals surface area contributed by atoms with E-state index in [1.165, 1.54) is 12.1 Å². The first-order valence-electron chi connectivity index (χ1n) is 8.39. The van der Waals surface area contributed by atoms with E-state index in [4.69, 9.17) is 4.74 Å². The molecule has 0 spiro atoms. The molecule has 3 nitrogen and oxygen atoms in total. The minimum Gasteiger partial charge on any atom is -0.482 e. The molecule has 2 aromatic rings. The lowest BCUT2D eigenvalue weighted by atomic mass is 9.91. The van der Waals surface area contributed by atoms with E-state index in [-0.39, 0.29) is 11.7 Å². The van der Waals surface area contributed by atoms with Crippen LogP contribution in [0.25, 0.3) is 17.2 Å². The summed E-state index contributed by atoms with van der Waals surface area (Å²) in [6.45, 7) is 7.70. The maximum absolute atomic E-state index is 13.4. The number of fused-ring (bicyclic) bond motifs is 1. The Morgan fingerprint density at radius 2 is 1.88 bits per heavy atom. The lowest BCUT2D eigenvalue weighted by Crippen LogP contribution is -2.21. The molecule has 26 heavy (non-hydrogen) atoms. The molecule has 0 unspecified atom stereocenters. The largest absolute Gasteiger partial charge is 0.482 e. The van der Waals surface area contributed by atoms with Gasteiger partial charge in [-0.25, -0.2) is 4.39 Å². The Morgan fingerprint density at radius 1 is 1.15 bits per heavy atom. The van der Waals surface area contributed by atoms with Crippen LogP contribution in [0.5, 0.6) is 0 Å². The summed E-state index contributed by atoms with van der Waals surface area (Å²) >= 11 is 0. The van der Waals surface area contributed by atoms with Gasteiger partial charge < -0.3 is 10.1 Å². The Balaban J connectivity index is 1.84. The van der Waals surface area contributed by atoms with Crippen molar-refractivity contribution in [3.63, 3.8) is 0 Å². The highest BCUT2D eigenvalue weighted by molar-refractivity contribution is 6.32. The summed E-state index contributed by atoms with van der Waals surface area (Å²) in [4.78, 5) is 12.5. The number of carbonyl (C=O) groups excluding carboxylic acids is 1. The summed E-state index contributed by atoms with van der Waals surface area (Å²) in [5, 5.41) is 2.71. The SMILES string of the molecule is C=Cc1ccc(C2=C/C(=C3\C(=O)Nc4cc(F)ccc43)OC2(C)C)cc1. The summed E-state index contributed by atoms with van der Waals surface area (Å²) in [7, 11) is 0. The summed E-state index contributed by atoms with van der Waals surface area (Å²) in [6.07, 6.45) is 3.69. The van der Waals surface area contributed by atoms with Crippen LogP contribution in [-0.4, -0.2) is 11.5 Å². The molecule has 0 radical (unpaired) electrons. The van der Waals surface area contributed by atoms with Crippen LogP contribution in [-0.2, 0) is 9.53 Å². The van der Waals surface area contributed by atoms with Crippen molar-refractivity contribution >= 4 is 28.8 Å². The molecule has 2 aliphatic heterocycles. The quantitative estimate of drug-likeness (QED) is 0.774. The molecule has 0 aromatic heterocycles. The predicted octanol–water partition coefficient (Wildman–Crippen LogP) is 5.02. The summed E-state index contributed by atoms with van der Waals surface area (Å²) < 4.78 is 19.6. The summed E-state index contributed by atoms with van der Waals surface area (Å²) in [5.74, 6) is -0.168. The third-order valence-corrected chi connectivity index (χ3v) is 4.72. The second-order valence-electron chi connectivity index (χ2n) is 6.88. The number of allylic oxidation sites excluding steroid dienone is 1. The molecule has 0 atom stereocenters.